The third-order valence-corrected chi connectivity index (χ3v) is 3.39. The Morgan fingerprint density at radius 3 is 3.09 bits per heavy atom. The Hall–Kier alpha value is -0.590. The van der Waals surface area contributed by atoms with Gasteiger partial charge in [0.2, 0.25) is 0 Å². The monoisotopic (exact) mass is 150 g/mol. The van der Waals surface area contributed by atoms with Crippen molar-refractivity contribution in [3.63, 3.8) is 0 Å². The molecule has 0 N–H and O–H groups in total. The van der Waals surface area contributed by atoms with E-state index in [9.17, 15) is 4.79 Å². The second kappa shape index (κ2) is 2.20. The highest BCUT2D eigenvalue weighted by Crippen LogP contribution is 2.47. The molecule has 0 amide bonds. The number of fused-ring (bicyclic) bond motifs is 1. The number of carbonyl (C=O) groups excluding carboxylic acids is 1. The van der Waals surface area contributed by atoms with E-state index in [0.29, 0.717) is 11.7 Å². The Morgan fingerprint density at radius 1 is 1.55 bits per heavy atom. The Bertz CT molecular complexity index is 217. The Morgan fingerprint density at radius 2 is 2.36 bits per heavy atom. The highest BCUT2D eigenvalue weighted by molar-refractivity contribution is 5.87. The lowest BCUT2D eigenvalue weighted by molar-refractivity contribution is -0.126. The molecule has 0 aromatic heterocycles. The third-order valence-electron chi connectivity index (χ3n) is 3.39. The number of allylic oxidation sites excluding steroid dienone is 2. The summed E-state index contributed by atoms with van der Waals surface area (Å²) in [7, 11) is 0. The molecule has 0 bridgehead atoms. The summed E-state index contributed by atoms with van der Waals surface area (Å²) in [5.41, 5.74) is 0.0226. The minimum atomic E-state index is 0.0226. The van der Waals surface area contributed by atoms with Gasteiger partial charge in [-0.15, -0.1) is 0 Å². The van der Waals surface area contributed by atoms with Crippen LogP contribution in [0.5, 0.6) is 0 Å². The quantitative estimate of drug-likeness (QED) is 0.484. The molecule has 0 aliphatic heterocycles. The Balaban J connectivity index is 2.31. The van der Waals surface area contributed by atoms with Crippen molar-refractivity contribution in [1.29, 1.82) is 0 Å². The van der Waals surface area contributed by atoms with Crippen molar-refractivity contribution in [3.8, 4) is 0 Å². The minimum absolute atomic E-state index is 0.0226. The molecule has 2 aliphatic carbocycles. The maximum Gasteiger partial charge on any atom is 0.139 e. The second-order valence-electron chi connectivity index (χ2n) is 3.99. The van der Waals surface area contributed by atoms with Crippen LogP contribution >= 0.6 is 0 Å². The maximum absolute atomic E-state index is 11.5. The van der Waals surface area contributed by atoms with Crippen LogP contribution in [0, 0.1) is 11.3 Å². The summed E-state index contributed by atoms with van der Waals surface area (Å²) in [5.74, 6) is 1.15. The van der Waals surface area contributed by atoms with Crippen molar-refractivity contribution in [2.75, 3.05) is 0 Å². The molecule has 2 rings (SSSR count). The number of hydrogen-bond donors (Lipinski definition) is 0. The molecule has 0 aromatic carbocycles. The van der Waals surface area contributed by atoms with Gasteiger partial charge in [-0.2, -0.15) is 0 Å². The molecule has 0 aromatic rings. The van der Waals surface area contributed by atoms with Crippen molar-refractivity contribution >= 4 is 5.78 Å². The van der Waals surface area contributed by atoms with Gasteiger partial charge in [0.25, 0.3) is 0 Å². The number of Topliss-reactive ketones (excluding diaryl/α,β-unsaturated/α-hetero) is 1. The molecule has 0 heterocycles. The van der Waals surface area contributed by atoms with Crippen molar-refractivity contribution in [2.45, 2.75) is 32.6 Å². The van der Waals surface area contributed by atoms with E-state index < -0.39 is 0 Å². The van der Waals surface area contributed by atoms with Gasteiger partial charge in [0.05, 0.1) is 0 Å². The lowest BCUT2D eigenvalue weighted by atomic mass is 9.72. The molecule has 1 saturated carbocycles. The fourth-order valence-corrected chi connectivity index (χ4v) is 2.38. The molecule has 2 atom stereocenters. The molecule has 1 heteroatoms. The summed E-state index contributed by atoms with van der Waals surface area (Å²) in [4.78, 5) is 11.5. The van der Waals surface area contributed by atoms with Gasteiger partial charge in [0.15, 0.2) is 0 Å². The van der Waals surface area contributed by atoms with E-state index in [1.807, 2.05) is 0 Å². The molecule has 0 spiro atoms. The first-order chi connectivity index (χ1) is 5.23. The standard InChI is InChI=1S/C10H14O/c1-10-7-3-2-4-8(10)5-6-9(10)11/h2-3,8H,4-7H2,1H3/t8-,10-/m1/s1. The van der Waals surface area contributed by atoms with E-state index in [1.165, 1.54) is 0 Å². The number of ketones is 1. The molecular formula is C10H14O. The van der Waals surface area contributed by atoms with Crippen molar-refractivity contribution in [3.05, 3.63) is 12.2 Å². The number of hydrogen-bond acceptors (Lipinski definition) is 1. The van der Waals surface area contributed by atoms with Crippen molar-refractivity contribution in [2.24, 2.45) is 11.3 Å². The van der Waals surface area contributed by atoms with Crippen molar-refractivity contribution in [1.82, 2.24) is 0 Å². The zero-order chi connectivity index (χ0) is 7.90. The van der Waals surface area contributed by atoms with Crippen LogP contribution in [0.3, 0.4) is 0 Å². The van der Waals surface area contributed by atoms with Gasteiger partial charge in [0, 0.05) is 11.8 Å². The van der Waals surface area contributed by atoms with Crippen LogP contribution in [0.1, 0.15) is 32.6 Å². The van der Waals surface area contributed by atoms with E-state index in [-0.39, 0.29) is 5.41 Å². The Labute approximate surface area is 67.5 Å². The average molecular weight is 150 g/mol. The van der Waals surface area contributed by atoms with Gasteiger partial charge in [-0.1, -0.05) is 19.1 Å². The van der Waals surface area contributed by atoms with Crippen LogP contribution in [-0.2, 0) is 4.79 Å². The summed E-state index contributed by atoms with van der Waals surface area (Å²) in [6, 6.07) is 0. The summed E-state index contributed by atoms with van der Waals surface area (Å²) in [6.07, 6.45) is 8.45. The predicted octanol–water partition coefficient (Wildman–Crippen LogP) is 2.32. The fourth-order valence-electron chi connectivity index (χ4n) is 2.38. The first kappa shape index (κ1) is 7.08. The van der Waals surface area contributed by atoms with E-state index in [4.69, 9.17) is 0 Å². The largest absolute Gasteiger partial charge is 0.299 e. The normalized spacial score (nSPS) is 42.6. The van der Waals surface area contributed by atoms with Gasteiger partial charge in [0.1, 0.15) is 5.78 Å². The van der Waals surface area contributed by atoms with Gasteiger partial charge in [-0.3, -0.25) is 4.79 Å². The van der Waals surface area contributed by atoms with Crippen LogP contribution in [0.4, 0.5) is 0 Å². The lowest BCUT2D eigenvalue weighted by Crippen LogP contribution is -2.29. The average Bonchev–Trinajstić information content (AvgIpc) is 2.29. The molecule has 0 radical (unpaired) electrons. The first-order valence-electron chi connectivity index (χ1n) is 4.42. The van der Waals surface area contributed by atoms with E-state index >= 15 is 0 Å². The summed E-state index contributed by atoms with van der Waals surface area (Å²) in [5, 5.41) is 0. The predicted molar refractivity (Wildman–Crippen MR) is 44.2 cm³/mol. The molecular weight excluding hydrogens is 136 g/mol. The summed E-state index contributed by atoms with van der Waals surface area (Å²) in [6.45, 7) is 2.14. The Kier molecular flexibility index (Phi) is 1.41. The molecule has 1 nitrogen and oxygen atoms in total. The van der Waals surface area contributed by atoms with Gasteiger partial charge < -0.3 is 0 Å². The van der Waals surface area contributed by atoms with Crippen LogP contribution < -0.4 is 0 Å². The lowest BCUT2D eigenvalue weighted by Gasteiger charge is -2.31. The van der Waals surface area contributed by atoms with E-state index in [2.05, 4.69) is 19.1 Å². The highest BCUT2D eigenvalue weighted by atomic mass is 16.1. The number of rotatable bonds is 0. The van der Waals surface area contributed by atoms with Crippen molar-refractivity contribution < 1.29 is 4.79 Å². The third kappa shape index (κ3) is 0.867. The van der Waals surface area contributed by atoms with Gasteiger partial charge >= 0.3 is 0 Å². The summed E-state index contributed by atoms with van der Waals surface area (Å²) >= 11 is 0. The fraction of sp³-hybridized carbons (Fsp3) is 0.700. The topological polar surface area (TPSA) is 17.1 Å². The summed E-state index contributed by atoms with van der Waals surface area (Å²) < 4.78 is 0. The van der Waals surface area contributed by atoms with Gasteiger partial charge in [-0.05, 0) is 25.2 Å². The maximum atomic E-state index is 11.5. The molecule has 1 fully saturated rings. The molecule has 0 unspecified atom stereocenters. The SMILES string of the molecule is C[C@@]12CC=CC[C@@H]1CCC2=O. The second-order valence-corrected chi connectivity index (χ2v) is 3.99. The van der Waals surface area contributed by atoms with E-state index in [1.54, 1.807) is 0 Å². The highest BCUT2D eigenvalue weighted by Gasteiger charge is 2.45. The zero-order valence-corrected chi connectivity index (χ0v) is 6.97. The first-order valence-corrected chi connectivity index (χ1v) is 4.42. The van der Waals surface area contributed by atoms with Crippen LogP contribution in [0.25, 0.3) is 0 Å². The molecule has 2 aliphatic rings. The molecule has 11 heavy (non-hydrogen) atoms. The van der Waals surface area contributed by atoms with Gasteiger partial charge in [-0.25, -0.2) is 0 Å². The van der Waals surface area contributed by atoms with Crippen LogP contribution in [0.15, 0.2) is 12.2 Å². The smallest absolute Gasteiger partial charge is 0.139 e. The van der Waals surface area contributed by atoms with E-state index in [0.717, 1.165) is 25.7 Å². The van der Waals surface area contributed by atoms with Crippen LogP contribution in [-0.4, -0.2) is 5.78 Å². The van der Waals surface area contributed by atoms with Crippen LogP contribution in [0.2, 0.25) is 0 Å². The molecule has 0 saturated heterocycles. The minimum Gasteiger partial charge on any atom is -0.299 e. The molecule has 60 valence electrons. The zero-order valence-electron chi connectivity index (χ0n) is 6.97. The number of carbonyl (C=O) groups is 1.